The van der Waals surface area contributed by atoms with E-state index in [1.54, 1.807) is 24.3 Å². The summed E-state index contributed by atoms with van der Waals surface area (Å²) in [7, 11) is -2.05. The monoisotopic (exact) mass is 488 g/mol. The molecular weight excluding hydrogens is 460 g/mol. The number of piperazine rings is 1. The van der Waals surface area contributed by atoms with Crippen molar-refractivity contribution in [1.29, 1.82) is 5.26 Å². The van der Waals surface area contributed by atoms with Crippen molar-refractivity contribution in [2.24, 2.45) is 5.92 Å². The summed E-state index contributed by atoms with van der Waals surface area (Å²) >= 11 is 1.52. The molecule has 0 radical (unpaired) electrons. The Morgan fingerprint density at radius 1 is 1.24 bits per heavy atom. The first-order valence-electron chi connectivity index (χ1n) is 11.0. The number of amides is 1. The van der Waals surface area contributed by atoms with Gasteiger partial charge >= 0.3 is 0 Å². The summed E-state index contributed by atoms with van der Waals surface area (Å²) in [5, 5.41) is 13.2. The molecule has 4 rings (SSSR count). The molecule has 8 nitrogen and oxygen atoms in total. The molecule has 33 heavy (non-hydrogen) atoms. The fraction of sp³-hybridized carbons (Fsp3) is 0.478. The molecule has 1 amide bonds. The maximum Gasteiger partial charge on any atom is 0.243 e. The lowest BCUT2D eigenvalue weighted by atomic mass is 9.89. The van der Waals surface area contributed by atoms with Crippen LogP contribution in [0, 0.1) is 17.2 Å². The Balaban J connectivity index is 1.34. The lowest BCUT2D eigenvalue weighted by molar-refractivity contribution is -0.117. The highest BCUT2D eigenvalue weighted by Gasteiger charge is 2.30. The average Bonchev–Trinajstić information content (AvgIpc) is 3.15. The van der Waals surface area contributed by atoms with Gasteiger partial charge in [0, 0.05) is 31.1 Å². The van der Waals surface area contributed by atoms with Crippen molar-refractivity contribution in [3.63, 3.8) is 0 Å². The maximum absolute atomic E-state index is 12.9. The van der Waals surface area contributed by atoms with Gasteiger partial charge in [-0.3, -0.25) is 9.69 Å². The van der Waals surface area contributed by atoms with E-state index >= 15 is 0 Å². The van der Waals surface area contributed by atoms with E-state index in [2.05, 4.69) is 18.3 Å². The number of benzene rings is 1. The molecule has 1 aliphatic carbocycles. The van der Waals surface area contributed by atoms with E-state index in [9.17, 15) is 18.5 Å². The molecule has 1 aromatic carbocycles. The fourth-order valence-corrected chi connectivity index (χ4v) is 7.15. The normalized spacial score (nSPS) is 19.5. The zero-order valence-electron chi connectivity index (χ0n) is 18.8. The molecule has 1 aromatic heterocycles. The second-order valence-electron chi connectivity index (χ2n) is 8.57. The van der Waals surface area contributed by atoms with Crippen molar-refractivity contribution < 1.29 is 17.9 Å². The Bertz CT molecular complexity index is 1160. The molecule has 10 heteroatoms. The second kappa shape index (κ2) is 9.81. The Kier molecular flexibility index (Phi) is 7.05. The third-order valence-electron chi connectivity index (χ3n) is 6.27. The zero-order chi connectivity index (χ0) is 23.6. The highest BCUT2D eigenvalue weighted by Crippen LogP contribution is 2.39. The number of sulfonamides is 1. The van der Waals surface area contributed by atoms with E-state index in [1.165, 1.54) is 27.6 Å². The average molecular weight is 489 g/mol. The molecule has 1 saturated heterocycles. The van der Waals surface area contributed by atoms with Gasteiger partial charge in [-0.2, -0.15) is 9.57 Å². The van der Waals surface area contributed by atoms with E-state index in [1.807, 2.05) is 4.90 Å². The van der Waals surface area contributed by atoms with Crippen molar-refractivity contribution in [2.45, 2.75) is 31.1 Å². The quantitative estimate of drug-likeness (QED) is 0.671. The van der Waals surface area contributed by atoms with Crippen LogP contribution in [0.1, 0.15) is 29.3 Å². The van der Waals surface area contributed by atoms with Gasteiger partial charge in [0.25, 0.3) is 0 Å². The predicted molar refractivity (Wildman–Crippen MR) is 127 cm³/mol. The Hall–Kier alpha value is -2.45. The minimum absolute atomic E-state index is 0.167. The van der Waals surface area contributed by atoms with Crippen LogP contribution in [0.3, 0.4) is 0 Å². The van der Waals surface area contributed by atoms with Crippen LogP contribution in [0.25, 0.3) is 0 Å². The largest absolute Gasteiger partial charge is 0.497 e. The highest BCUT2D eigenvalue weighted by atomic mass is 32.2. The van der Waals surface area contributed by atoms with Gasteiger partial charge in [-0.15, -0.1) is 11.3 Å². The van der Waals surface area contributed by atoms with Crippen LogP contribution in [-0.4, -0.2) is 63.4 Å². The van der Waals surface area contributed by atoms with Gasteiger partial charge < -0.3 is 10.1 Å². The first-order valence-corrected chi connectivity index (χ1v) is 13.3. The van der Waals surface area contributed by atoms with Crippen molar-refractivity contribution in [3.05, 3.63) is 40.3 Å². The molecule has 1 fully saturated rings. The number of ether oxygens (including phenoxy) is 1. The van der Waals surface area contributed by atoms with Crippen molar-refractivity contribution in [3.8, 4) is 11.8 Å². The molecule has 1 atom stereocenters. The van der Waals surface area contributed by atoms with Gasteiger partial charge in [0.05, 0.1) is 24.1 Å². The molecule has 0 bridgehead atoms. The number of hydrogen-bond donors (Lipinski definition) is 1. The van der Waals surface area contributed by atoms with E-state index < -0.39 is 10.0 Å². The number of rotatable bonds is 6. The number of nitrogens with one attached hydrogen (secondary N) is 1. The smallest absolute Gasteiger partial charge is 0.243 e. The van der Waals surface area contributed by atoms with Gasteiger partial charge in [-0.05, 0) is 55.0 Å². The van der Waals surface area contributed by atoms with Gasteiger partial charge in [-0.25, -0.2) is 8.42 Å². The predicted octanol–water partition coefficient (Wildman–Crippen LogP) is 2.70. The van der Waals surface area contributed by atoms with Crippen LogP contribution in [0.2, 0.25) is 0 Å². The number of thiophene rings is 1. The van der Waals surface area contributed by atoms with Gasteiger partial charge in [0.2, 0.25) is 15.9 Å². The summed E-state index contributed by atoms with van der Waals surface area (Å²) in [6, 6.07) is 8.62. The molecule has 176 valence electrons. The van der Waals surface area contributed by atoms with Crippen LogP contribution in [0.5, 0.6) is 5.75 Å². The third kappa shape index (κ3) is 5.06. The molecule has 2 heterocycles. The number of carbonyl (C=O) groups is 1. The van der Waals surface area contributed by atoms with Crippen LogP contribution < -0.4 is 10.1 Å². The Morgan fingerprint density at radius 2 is 1.94 bits per heavy atom. The number of methoxy groups -OCH3 is 1. The lowest BCUT2D eigenvalue weighted by Gasteiger charge is -2.33. The summed E-state index contributed by atoms with van der Waals surface area (Å²) in [6.07, 6.45) is 2.90. The number of carbonyl (C=O) groups excluding carboxylic acids is 1. The standard InChI is InChI=1S/C23H28N4O4S2/c1-16-3-8-19-20(14-24)23(32-21(19)13-16)25-22(28)15-26-9-11-27(12-10-26)33(29,30)18-6-4-17(31-2)5-7-18/h4-7,16H,3,8-13,15H2,1-2H3,(H,25,28). The zero-order valence-corrected chi connectivity index (χ0v) is 20.5. The van der Waals surface area contributed by atoms with Crippen molar-refractivity contribution in [2.75, 3.05) is 45.2 Å². The van der Waals surface area contributed by atoms with E-state index in [4.69, 9.17) is 4.74 Å². The van der Waals surface area contributed by atoms with E-state index in [0.29, 0.717) is 48.4 Å². The molecular formula is C23H28N4O4S2. The minimum atomic E-state index is -3.59. The number of anilines is 1. The molecule has 0 spiro atoms. The molecule has 1 unspecified atom stereocenters. The van der Waals surface area contributed by atoms with Crippen LogP contribution in [0.15, 0.2) is 29.2 Å². The molecule has 2 aliphatic rings. The first-order chi connectivity index (χ1) is 15.8. The van der Waals surface area contributed by atoms with Crippen LogP contribution in [-0.2, 0) is 27.7 Å². The summed E-state index contributed by atoms with van der Waals surface area (Å²) in [4.78, 5) is 16.1. The minimum Gasteiger partial charge on any atom is -0.497 e. The Morgan fingerprint density at radius 3 is 2.58 bits per heavy atom. The summed E-state index contributed by atoms with van der Waals surface area (Å²) in [5.74, 6) is 1.02. The SMILES string of the molecule is COc1ccc(S(=O)(=O)N2CCN(CC(=O)Nc3sc4c(c3C#N)CCC(C)C4)CC2)cc1. The maximum atomic E-state index is 12.9. The van der Waals surface area contributed by atoms with Gasteiger partial charge in [0.15, 0.2) is 0 Å². The number of nitriles is 1. The van der Waals surface area contributed by atoms with E-state index in [-0.39, 0.29) is 17.3 Å². The fourth-order valence-electron chi connectivity index (χ4n) is 4.35. The van der Waals surface area contributed by atoms with E-state index in [0.717, 1.165) is 24.8 Å². The molecule has 0 saturated carbocycles. The highest BCUT2D eigenvalue weighted by molar-refractivity contribution is 7.89. The summed E-state index contributed by atoms with van der Waals surface area (Å²) < 4.78 is 32.4. The van der Waals surface area contributed by atoms with Crippen molar-refractivity contribution >= 4 is 32.3 Å². The van der Waals surface area contributed by atoms with Gasteiger partial charge in [-0.1, -0.05) is 6.92 Å². The third-order valence-corrected chi connectivity index (χ3v) is 9.35. The Labute approximate surface area is 198 Å². The number of fused-ring (bicyclic) bond motifs is 1. The van der Waals surface area contributed by atoms with Crippen LogP contribution in [0.4, 0.5) is 5.00 Å². The number of nitrogens with zero attached hydrogens (tertiary/aromatic N) is 3. The lowest BCUT2D eigenvalue weighted by Crippen LogP contribution is -2.50. The first kappa shape index (κ1) is 23.7. The summed E-state index contributed by atoms with van der Waals surface area (Å²) in [6.45, 7) is 3.94. The topological polar surface area (TPSA) is 103 Å². The molecule has 1 aliphatic heterocycles. The molecule has 2 aromatic rings. The molecule has 1 N–H and O–H groups in total. The van der Waals surface area contributed by atoms with Crippen molar-refractivity contribution in [1.82, 2.24) is 9.21 Å². The van der Waals surface area contributed by atoms with Crippen LogP contribution >= 0.6 is 11.3 Å². The summed E-state index contributed by atoms with van der Waals surface area (Å²) in [5.41, 5.74) is 1.69. The van der Waals surface area contributed by atoms with Gasteiger partial charge in [0.1, 0.15) is 16.8 Å². The number of hydrogen-bond acceptors (Lipinski definition) is 7. The second-order valence-corrected chi connectivity index (χ2v) is 11.6.